The van der Waals surface area contributed by atoms with Crippen molar-refractivity contribution < 1.29 is 5.11 Å². The van der Waals surface area contributed by atoms with E-state index in [1.165, 1.54) is 11.1 Å². The minimum atomic E-state index is -0.576. The van der Waals surface area contributed by atoms with E-state index >= 15 is 0 Å². The SMILES string of the molecule is CCNC(=NCC(O)c1ccc(C)cc1)N1CCC(Cc2cnn(C)c2)C1. The largest absolute Gasteiger partial charge is 0.386 e. The van der Waals surface area contributed by atoms with E-state index < -0.39 is 6.10 Å². The third-order valence-electron chi connectivity index (χ3n) is 5.08. The van der Waals surface area contributed by atoms with Gasteiger partial charge in [-0.2, -0.15) is 5.10 Å². The molecule has 2 atom stereocenters. The number of hydrogen-bond donors (Lipinski definition) is 2. The highest BCUT2D eigenvalue weighted by Crippen LogP contribution is 2.21. The molecule has 1 aliphatic heterocycles. The molecular formula is C21H31N5O. The lowest BCUT2D eigenvalue weighted by molar-refractivity contribution is 0.186. The van der Waals surface area contributed by atoms with E-state index in [4.69, 9.17) is 4.99 Å². The van der Waals surface area contributed by atoms with Crippen LogP contribution in [0.3, 0.4) is 0 Å². The van der Waals surface area contributed by atoms with Gasteiger partial charge in [-0.3, -0.25) is 9.67 Å². The highest BCUT2D eigenvalue weighted by molar-refractivity contribution is 5.80. The monoisotopic (exact) mass is 369 g/mol. The first kappa shape index (κ1) is 19.4. The summed E-state index contributed by atoms with van der Waals surface area (Å²) >= 11 is 0. The summed E-state index contributed by atoms with van der Waals surface area (Å²) in [4.78, 5) is 7.02. The van der Waals surface area contributed by atoms with Crippen LogP contribution in [0.25, 0.3) is 0 Å². The van der Waals surface area contributed by atoms with Crippen LogP contribution in [-0.4, -0.2) is 51.9 Å². The van der Waals surface area contributed by atoms with Gasteiger partial charge in [0, 0.05) is 32.9 Å². The standard InChI is InChI=1S/C21H31N5O/c1-4-22-21(23-13-20(27)19-7-5-16(2)6-8-19)26-10-9-17(15-26)11-18-12-24-25(3)14-18/h5-8,12,14,17,20,27H,4,9-11,13,15H2,1-3H3,(H,22,23). The van der Waals surface area contributed by atoms with Gasteiger partial charge in [0.05, 0.1) is 18.8 Å². The third-order valence-corrected chi connectivity index (χ3v) is 5.08. The van der Waals surface area contributed by atoms with Gasteiger partial charge in [-0.05, 0) is 43.7 Å². The molecule has 0 amide bonds. The minimum Gasteiger partial charge on any atom is -0.386 e. The van der Waals surface area contributed by atoms with Gasteiger partial charge in [0.2, 0.25) is 0 Å². The molecule has 6 heteroatoms. The maximum atomic E-state index is 10.5. The molecule has 146 valence electrons. The molecule has 1 aliphatic rings. The van der Waals surface area contributed by atoms with Crippen LogP contribution in [0, 0.1) is 12.8 Å². The quantitative estimate of drug-likeness (QED) is 0.606. The Morgan fingerprint density at radius 1 is 1.37 bits per heavy atom. The van der Waals surface area contributed by atoms with Crippen molar-refractivity contribution in [2.75, 3.05) is 26.2 Å². The first-order valence-corrected chi connectivity index (χ1v) is 9.80. The predicted octanol–water partition coefficient (Wildman–Crippen LogP) is 2.29. The molecule has 2 heterocycles. The van der Waals surface area contributed by atoms with Crippen LogP contribution in [0.2, 0.25) is 0 Å². The van der Waals surface area contributed by atoms with E-state index in [9.17, 15) is 5.11 Å². The molecule has 1 aromatic heterocycles. The number of nitrogens with zero attached hydrogens (tertiary/aromatic N) is 4. The van der Waals surface area contributed by atoms with Crippen LogP contribution in [0.15, 0.2) is 41.7 Å². The van der Waals surface area contributed by atoms with E-state index in [1.54, 1.807) is 0 Å². The minimum absolute atomic E-state index is 0.370. The fourth-order valence-electron chi connectivity index (χ4n) is 3.60. The molecule has 2 aromatic rings. The number of aliphatic hydroxyl groups excluding tert-OH is 1. The summed E-state index contributed by atoms with van der Waals surface area (Å²) in [5, 5.41) is 18.1. The van der Waals surface area contributed by atoms with E-state index in [1.807, 2.05) is 49.1 Å². The van der Waals surface area contributed by atoms with Crippen molar-refractivity contribution in [3.05, 3.63) is 53.3 Å². The molecule has 1 fully saturated rings. The second kappa shape index (κ2) is 9.04. The summed E-state index contributed by atoms with van der Waals surface area (Å²) in [6.45, 7) is 7.30. The molecule has 0 bridgehead atoms. The second-order valence-corrected chi connectivity index (χ2v) is 7.45. The molecule has 2 unspecified atom stereocenters. The topological polar surface area (TPSA) is 65.7 Å². The maximum Gasteiger partial charge on any atom is 0.194 e. The summed E-state index contributed by atoms with van der Waals surface area (Å²) in [5.41, 5.74) is 3.40. The molecule has 3 rings (SSSR count). The number of guanidine groups is 1. The third kappa shape index (κ3) is 5.32. The fourth-order valence-corrected chi connectivity index (χ4v) is 3.60. The molecule has 1 aromatic carbocycles. The Balaban J connectivity index is 1.59. The first-order valence-electron chi connectivity index (χ1n) is 9.80. The zero-order valence-corrected chi connectivity index (χ0v) is 16.6. The van der Waals surface area contributed by atoms with Crippen LogP contribution in [0.4, 0.5) is 0 Å². The van der Waals surface area contributed by atoms with Crippen molar-refractivity contribution in [3.63, 3.8) is 0 Å². The zero-order chi connectivity index (χ0) is 19.2. The summed E-state index contributed by atoms with van der Waals surface area (Å²) in [6.07, 6.45) is 5.68. The normalized spacial score (nSPS) is 18.7. The predicted molar refractivity (Wildman–Crippen MR) is 109 cm³/mol. The average Bonchev–Trinajstić information content (AvgIpc) is 3.28. The van der Waals surface area contributed by atoms with Crippen molar-refractivity contribution in [2.24, 2.45) is 18.0 Å². The number of aromatic nitrogens is 2. The smallest absolute Gasteiger partial charge is 0.194 e. The van der Waals surface area contributed by atoms with Crippen LogP contribution in [0.5, 0.6) is 0 Å². The summed E-state index contributed by atoms with van der Waals surface area (Å²) < 4.78 is 1.86. The van der Waals surface area contributed by atoms with Gasteiger partial charge in [-0.15, -0.1) is 0 Å². The number of benzene rings is 1. The highest BCUT2D eigenvalue weighted by Gasteiger charge is 2.25. The van der Waals surface area contributed by atoms with Crippen LogP contribution >= 0.6 is 0 Å². The van der Waals surface area contributed by atoms with Gasteiger partial charge in [0.15, 0.2) is 5.96 Å². The average molecular weight is 370 g/mol. The molecule has 2 N–H and O–H groups in total. The molecule has 0 spiro atoms. The lowest BCUT2D eigenvalue weighted by Crippen LogP contribution is -2.40. The lowest BCUT2D eigenvalue weighted by Gasteiger charge is -2.22. The number of hydrogen-bond acceptors (Lipinski definition) is 3. The van der Waals surface area contributed by atoms with Crippen LogP contribution < -0.4 is 5.32 Å². The van der Waals surface area contributed by atoms with Gasteiger partial charge >= 0.3 is 0 Å². The number of nitrogens with one attached hydrogen (secondary N) is 1. The lowest BCUT2D eigenvalue weighted by atomic mass is 10.0. The Hall–Kier alpha value is -2.34. The van der Waals surface area contributed by atoms with Crippen LogP contribution in [0.1, 0.15) is 36.1 Å². The van der Waals surface area contributed by atoms with Gasteiger partial charge < -0.3 is 15.3 Å². The summed E-state index contributed by atoms with van der Waals surface area (Å²) in [6, 6.07) is 8.00. The maximum absolute atomic E-state index is 10.5. The Bertz CT molecular complexity index is 752. The molecule has 6 nitrogen and oxygen atoms in total. The first-order chi connectivity index (χ1) is 13.0. The molecule has 0 radical (unpaired) electrons. The number of aliphatic hydroxyl groups is 1. The highest BCUT2D eigenvalue weighted by atomic mass is 16.3. The van der Waals surface area contributed by atoms with E-state index in [0.717, 1.165) is 44.0 Å². The number of aryl methyl sites for hydroxylation is 2. The Labute approximate surface area is 161 Å². The molecular weight excluding hydrogens is 338 g/mol. The molecule has 1 saturated heterocycles. The van der Waals surface area contributed by atoms with Crippen LogP contribution in [-0.2, 0) is 13.5 Å². The second-order valence-electron chi connectivity index (χ2n) is 7.45. The number of likely N-dealkylation sites (tertiary alicyclic amines) is 1. The van der Waals surface area contributed by atoms with E-state index in [2.05, 4.69) is 28.4 Å². The Morgan fingerprint density at radius 2 is 2.15 bits per heavy atom. The Kier molecular flexibility index (Phi) is 6.50. The summed E-state index contributed by atoms with van der Waals surface area (Å²) in [7, 11) is 1.96. The van der Waals surface area contributed by atoms with E-state index in [-0.39, 0.29) is 0 Å². The van der Waals surface area contributed by atoms with Gasteiger partial charge in [0.25, 0.3) is 0 Å². The Morgan fingerprint density at radius 3 is 2.81 bits per heavy atom. The zero-order valence-electron chi connectivity index (χ0n) is 16.6. The fraction of sp³-hybridized carbons (Fsp3) is 0.524. The van der Waals surface area contributed by atoms with Gasteiger partial charge in [0.1, 0.15) is 0 Å². The number of rotatable bonds is 6. The molecule has 27 heavy (non-hydrogen) atoms. The van der Waals surface area contributed by atoms with Crippen molar-refractivity contribution in [3.8, 4) is 0 Å². The molecule has 0 saturated carbocycles. The van der Waals surface area contributed by atoms with Gasteiger partial charge in [-0.1, -0.05) is 29.8 Å². The van der Waals surface area contributed by atoms with Crippen molar-refractivity contribution in [1.82, 2.24) is 20.0 Å². The van der Waals surface area contributed by atoms with Crippen molar-refractivity contribution >= 4 is 5.96 Å². The van der Waals surface area contributed by atoms with Gasteiger partial charge in [-0.25, -0.2) is 0 Å². The van der Waals surface area contributed by atoms with Crippen molar-refractivity contribution in [2.45, 2.75) is 32.8 Å². The summed E-state index contributed by atoms with van der Waals surface area (Å²) in [5.74, 6) is 1.51. The molecule has 0 aliphatic carbocycles. The van der Waals surface area contributed by atoms with Crippen molar-refractivity contribution in [1.29, 1.82) is 0 Å². The van der Waals surface area contributed by atoms with E-state index in [0.29, 0.717) is 12.5 Å². The number of aliphatic imine (C=N–C) groups is 1.